The molecule has 2 aromatic carbocycles. The van der Waals surface area contributed by atoms with Crippen LogP contribution in [0, 0.1) is 5.41 Å². The average Bonchev–Trinajstić information content (AvgIpc) is 2.99. The van der Waals surface area contributed by atoms with Gasteiger partial charge in [-0.3, -0.25) is 4.74 Å². The molecule has 3 bridgehead atoms. The molecule has 6 heteroatoms. The van der Waals surface area contributed by atoms with Crippen LogP contribution in [-0.4, -0.2) is 43.3 Å². The second-order valence-corrected chi connectivity index (χ2v) is 9.39. The average molecular weight is 427 g/mol. The van der Waals surface area contributed by atoms with Crippen LogP contribution in [0.1, 0.15) is 31.9 Å². The highest BCUT2D eigenvalue weighted by molar-refractivity contribution is 5.14. The van der Waals surface area contributed by atoms with E-state index in [4.69, 9.17) is 28.4 Å². The summed E-state index contributed by atoms with van der Waals surface area (Å²) in [6.45, 7) is 7.50. The number of hydrogen-bond acceptors (Lipinski definition) is 6. The lowest BCUT2D eigenvalue weighted by Crippen LogP contribution is -2.64. The Morgan fingerprint density at radius 1 is 0.806 bits per heavy atom. The summed E-state index contributed by atoms with van der Waals surface area (Å²) in [5.41, 5.74) is 1.83. The summed E-state index contributed by atoms with van der Waals surface area (Å²) < 4.78 is 37.5. The molecule has 0 aliphatic carbocycles. The molecule has 3 fully saturated rings. The Bertz CT molecular complexity index is 867. The monoisotopic (exact) mass is 426 g/mol. The summed E-state index contributed by atoms with van der Waals surface area (Å²) in [7, 11) is 0. The summed E-state index contributed by atoms with van der Waals surface area (Å²) in [5.74, 6) is -1.15. The van der Waals surface area contributed by atoms with Crippen LogP contribution in [0.25, 0.3) is 0 Å². The van der Waals surface area contributed by atoms with Crippen molar-refractivity contribution in [3.63, 3.8) is 0 Å². The lowest BCUT2D eigenvalue weighted by molar-refractivity contribution is -0.430. The van der Waals surface area contributed by atoms with Crippen molar-refractivity contribution in [1.82, 2.24) is 0 Å². The zero-order valence-corrected chi connectivity index (χ0v) is 18.2. The second-order valence-electron chi connectivity index (χ2n) is 9.39. The minimum atomic E-state index is -1.15. The first-order chi connectivity index (χ1) is 15.0. The number of hydrogen-bond donors (Lipinski definition) is 0. The first-order valence-corrected chi connectivity index (χ1v) is 10.9. The van der Waals surface area contributed by atoms with Gasteiger partial charge in [-0.1, -0.05) is 81.4 Å². The third-order valence-corrected chi connectivity index (χ3v) is 6.04. The molecule has 0 amide bonds. The fraction of sp³-hybridized carbons (Fsp3) is 0.520. The summed E-state index contributed by atoms with van der Waals surface area (Å²) in [5, 5.41) is 0. The van der Waals surface area contributed by atoms with Gasteiger partial charge in [0.2, 0.25) is 0 Å². The quantitative estimate of drug-likeness (QED) is 0.666. The van der Waals surface area contributed by atoms with Crippen LogP contribution in [0.2, 0.25) is 0 Å². The topological polar surface area (TPSA) is 55.4 Å². The highest BCUT2D eigenvalue weighted by Gasteiger charge is 2.69. The van der Waals surface area contributed by atoms with E-state index >= 15 is 0 Å². The van der Waals surface area contributed by atoms with Crippen molar-refractivity contribution in [1.29, 1.82) is 0 Å². The summed E-state index contributed by atoms with van der Waals surface area (Å²) in [4.78, 5) is 0. The van der Waals surface area contributed by atoms with Gasteiger partial charge in [0.15, 0.2) is 6.29 Å². The SMILES string of the molecule is CC(C)(C)C12OC3O[C@H](COCc4ccccc4)[C@@H](O1)[C@H](OCc1ccccc1)[C@H]3O2. The van der Waals surface area contributed by atoms with Crippen LogP contribution in [0.4, 0.5) is 0 Å². The molecule has 6 nitrogen and oxygen atoms in total. The van der Waals surface area contributed by atoms with E-state index in [9.17, 15) is 0 Å². The third-order valence-electron chi connectivity index (χ3n) is 6.04. The van der Waals surface area contributed by atoms with Crippen LogP contribution in [0.5, 0.6) is 0 Å². The summed E-state index contributed by atoms with van der Waals surface area (Å²) >= 11 is 0. The number of ether oxygens (including phenoxy) is 6. The van der Waals surface area contributed by atoms with E-state index in [1.54, 1.807) is 0 Å². The molecule has 0 spiro atoms. The molecule has 3 aliphatic rings. The first-order valence-electron chi connectivity index (χ1n) is 10.9. The molecule has 0 N–H and O–H groups in total. The van der Waals surface area contributed by atoms with Crippen molar-refractivity contribution in [2.45, 2.75) is 70.7 Å². The highest BCUT2D eigenvalue weighted by atomic mass is 17.0. The van der Waals surface area contributed by atoms with Gasteiger partial charge in [-0.2, -0.15) is 0 Å². The molecule has 0 aromatic heterocycles. The molecule has 3 heterocycles. The zero-order valence-electron chi connectivity index (χ0n) is 18.2. The third kappa shape index (κ3) is 4.04. The maximum atomic E-state index is 6.46. The molecule has 3 aliphatic heterocycles. The predicted octanol–water partition coefficient (Wildman–Crippen LogP) is 4.03. The Labute approximate surface area is 183 Å². The Kier molecular flexibility index (Phi) is 5.63. The van der Waals surface area contributed by atoms with E-state index in [0.717, 1.165) is 11.1 Å². The van der Waals surface area contributed by atoms with Gasteiger partial charge in [0.05, 0.1) is 19.8 Å². The van der Waals surface area contributed by atoms with Gasteiger partial charge < -0.3 is 23.7 Å². The molecule has 166 valence electrons. The van der Waals surface area contributed by atoms with Crippen molar-refractivity contribution >= 4 is 0 Å². The molecule has 3 saturated heterocycles. The first kappa shape index (κ1) is 21.1. The van der Waals surface area contributed by atoms with Crippen LogP contribution in [-0.2, 0) is 41.6 Å². The predicted molar refractivity (Wildman–Crippen MR) is 113 cm³/mol. The van der Waals surface area contributed by atoms with Crippen molar-refractivity contribution in [2.75, 3.05) is 6.61 Å². The van der Waals surface area contributed by atoms with E-state index in [1.165, 1.54) is 0 Å². The van der Waals surface area contributed by atoms with Crippen LogP contribution < -0.4 is 0 Å². The lowest BCUT2D eigenvalue weighted by Gasteiger charge is -2.48. The smallest absolute Gasteiger partial charge is 0.291 e. The molecule has 5 rings (SSSR count). The van der Waals surface area contributed by atoms with E-state index < -0.39 is 12.3 Å². The molecule has 6 atom stereocenters. The van der Waals surface area contributed by atoms with Crippen molar-refractivity contribution in [3.8, 4) is 0 Å². The normalized spacial score (nSPS) is 34.2. The van der Waals surface area contributed by atoms with Gasteiger partial charge in [0.25, 0.3) is 5.97 Å². The molecule has 2 unspecified atom stereocenters. The fourth-order valence-electron chi connectivity index (χ4n) is 4.32. The van der Waals surface area contributed by atoms with Crippen molar-refractivity contribution in [2.24, 2.45) is 5.41 Å². The number of rotatable bonds is 7. The highest BCUT2D eigenvalue weighted by Crippen LogP contribution is 2.53. The van der Waals surface area contributed by atoms with Gasteiger partial charge in [-0.05, 0) is 11.1 Å². The maximum absolute atomic E-state index is 6.46. The molecule has 31 heavy (non-hydrogen) atoms. The van der Waals surface area contributed by atoms with E-state index in [-0.39, 0.29) is 29.8 Å². The number of fused-ring (bicyclic) bond motifs is 2. The summed E-state index contributed by atoms with van der Waals surface area (Å²) in [6, 6.07) is 20.2. The Morgan fingerprint density at radius 2 is 1.42 bits per heavy atom. The van der Waals surface area contributed by atoms with Crippen molar-refractivity contribution in [3.05, 3.63) is 71.8 Å². The van der Waals surface area contributed by atoms with Crippen LogP contribution in [0.3, 0.4) is 0 Å². The largest absolute Gasteiger partial charge is 0.374 e. The maximum Gasteiger partial charge on any atom is 0.291 e. The van der Waals surface area contributed by atoms with Gasteiger partial charge in [0, 0.05) is 5.41 Å². The molecule has 0 radical (unpaired) electrons. The van der Waals surface area contributed by atoms with E-state index in [0.29, 0.717) is 19.8 Å². The minimum Gasteiger partial charge on any atom is -0.374 e. The van der Waals surface area contributed by atoms with Gasteiger partial charge in [-0.25, -0.2) is 0 Å². The lowest BCUT2D eigenvalue weighted by atomic mass is 9.91. The second kappa shape index (κ2) is 8.28. The van der Waals surface area contributed by atoms with Gasteiger partial charge in [0.1, 0.15) is 24.4 Å². The Morgan fingerprint density at radius 3 is 2.06 bits per heavy atom. The standard InChI is InChI=1S/C25H30O6/c1-24(2,3)25-29-20-19(16-26-14-17-10-6-4-7-11-17)28-23(31-25)22(30-25)21(20)27-15-18-12-8-5-9-13-18/h4-13,19-23H,14-16H2,1-3H3/t19-,20-,21+,22-,23?,25?/m1/s1. The molecular weight excluding hydrogens is 396 g/mol. The van der Waals surface area contributed by atoms with Gasteiger partial charge >= 0.3 is 0 Å². The molecule has 2 aromatic rings. The molecular formula is C25H30O6. The number of benzene rings is 2. The summed E-state index contributed by atoms with van der Waals surface area (Å²) in [6.07, 6.45) is -1.85. The van der Waals surface area contributed by atoms with Gasteiger partial charge in [-0.15, -0.1) is 0 Å². The Hall–Kier alpha value is -1.80. The van der Waals surface area contributed by atoms with E-state index in [1.807, 2.05) is 81.4 Å². The van der Waals surface area contributed by atoms with Crippen LogP contribution >= 0.6 is 0 Å². The minimum absolute atomic E-state index is 0.303. The zero-order chi connectivity index (χ0) is 21.5. The van der Waals surface area contributed by atoms with E-state index in [2.05, 4.69) is 0 Å². The Balaban J connectivity index is 1.31. The van der Waals surface area contributed by atoms with Crippen molar-refractivity contribution < 1.29 is 28.4 Å². The van der Waals surface area contributed by atoms with Crippen LogP contribution in [0.15, 0.2) is 60.7 Å². The fourth-order valence-corrected chi connectivity index (χ4v) is 4.32. The molecule has 0 saturated carbocycles.